The minimum absolute atomic E-state index is 0.0891. The highest BCUT2D eigenvalue weighted by molar-refractivity contribution is 8.00. The smallest absolute Gasteiger partial charge is 0.261 e. The molecule has 0 unspecified atom stereocenters. The van der Waals surface area contributed by atoms with Crippen LogP contribution in [0.15, 0.2) is 46.2 Å². The normalized spacial score (nSPS) is 16.2. The number of carbonyl (C=O) groups excluding carboxylic acids is 1. The summed E-state index contributed by atoms with van der Waals surface area (Å²) in [6, 6.07) is 10.7. The van der Waals surface area contributed by atoms with E-state index in [1.165, 1.54) is 6.92 Å². The van der Waals surface area contributed by atoms with Crippen molar-refractivity contribution in [2.75, 3.05) is 34.2 Å². The van der Waals surface area contributed by atoms with Crippen molar-refractivity contribution in [2.24, 2.45) is 0 Å². The average Bonchev–Trinajstić information content (AvgIpc) is 2.69. The van der Waals surface area contributed by atoms with Crippen LogP contribution in [0.4, 0.5) is 17.1 Å². The Morgan fingerprint density at radius 1 is 1.20 bits per heavy atom. The summed E-state index contributed by atoms with van der Waals surface area (Å²) in [4.78, 5) is 17.0. The van der Waals surface area contributed by atoms with Gasteiger partial charge in [0, 0.05) is 42.4 Å². The summed E-state index contributed by atoms with van der Waals surface area (Å²) in [6.07, 6.45) is 0. The topological polar surface area (TPSA) is 69.7 Å². The number of carbonyl (C=O) groups is 1. The summed E-state index contributed by atoms with van der Waals surface area (Å²) in [5.74, 6) is -0.0891. The Labute approximate surface area is 183 Å². The first-order valence-corrected chi connectivity index (χ1v) is 12.5. The third-order valence-corrected chi connectivity index (χ3v) is 7.78. The minimum atomic E-state index is -3.79. The van der Waals surface area contributed by atoms with E-state index < -0.39 is 10.0 Å². The third kappa shape index (κ3) is 4.59. The predicted octanol–water partition coefficient (Wildman–Crippen LogP) is 4.49. The summed E-state index contributed by atoms with van der Waals surface area (Å²) >= 11 is 1.65. The predicted molar refractivity (Wildman–Crippen MR) is 125 cm³/mol. The van der Waals surface area contributed by atoms with E-state index in [0.29, 0.717) is 17.9 Å². The fourth-order valence-electron chi connectivity index (χ4n) is 3.63. The van der Waals surface area contributed by atoms with Crippen LogP contribution in [0.1, 0.15) is 33.3 Å². The van der Waals surface area contributed by atoms with Crippen molar-refractivity contribution in [1.82, 2.24) is 0 Å². The number of hydrogen-bond acceptors (Lipinski definition) is 5. The van der Waals surface area contributed by atoms with Crippen LogP contribution in [0.5, 0.6) is 0 Å². The van der Waals surface area contributed by atoms with E-state index in [2.05, 4.69) is 30.4 Å². The maximum atomic E-state index is 13.1. The maximum absolute atomic E-state index is 13.1. The Morgan fingerprint density at radius 2 is 1.90 bits per heavy atom. The first-order valence-electron chi connectivity index (χ1n) is 10.1. The van der Waals surface area contributed by atoms with E-state index in [4.69, 9.17) is 0 Å². The van der Waals surface area contributed by atoms with Crippen molar-refractivity contribution < 1.29 is 13.2 Å². The molecule has 1 aliphatic rings. The molecule has 3 rings (SSSR count). The van der Waals surface area contributed by atoms with Crippen molar-refractivity contribution in [3.63, 3.8) is 0 Å². The van der Waals surface area contributed by atoms with Crippen molar-refractivity contribution in [3.8, 4) is 0 Å². The van der Waals surface area contributed by atoms with Crippen molar-refractivity contribution in [1.29, 1.82) is 0 Å². The van der Waals surface area contributed by atoms with Gasteiger partial charge in [-0.1, -0.05) is 6.92 Å². The molecule has 0 fully saturated rings. The van der Waals surface area contributed by atoms with Crippen LogP contribution in [0, 0.1) is 6.92 Å². The second-order valence-corrected chi connectivity index (χ2v) is 10.6. The summed E-state index contributed by atoms with van der Waals surface area (Å²) < 4.78 is 28.9. The monoisotopic (exact) mass is 447 g/mol. The molecule has 0 aliphatic carbocycles. The molecule has 1 amide bonds. The number of amides is 1. The molecule has 0 spiro atoms. The molecular weight excluding hydrogens is 418 g/mol. The number of benzene rings is 2. The molecule has 0 radical (unpaired) electrons. The van der Waals surface area contributed by atoms with Gasteiger partial charge in [0.1, 0.15) is 0 Å². The molecule has 0 aromatic heterocycles. The Balaban J connectivity index is 1.92. The van der Waals surface area contributed by atoms with Gasteiger partial charge in [-0.25, -0.2) is 8.42 Å². The van der Waals surface area contributed by atoms with Gasteiger partial charge < -0.3 is 9.80 Å². The molecule has 30 heavy (non-hydrogen) atoms. The molecule has 1 N–H and O–H groups in total. The van der Waals surface area contributed by atoms with Crippen LogP contribution < -0.4 is 14.5 Å². The van der Waals surface area contributed by atoms with Gasteiger partial charge in [-0.05, 0) is 62.7 Å². The van der Waals surface area contributed by atoms with E-state index in [1.807, 2.05) is 19.1 Å². The number of aryl methyl sites for hydroxylation is 1. The van der Waals surface area contributed by atoms with E-state index in [-0.39, 0.29) is 16.1 Å². The lowest BCUT2D eigenvalue weighted by molar-refractivity contribution is -0.116. The Bertz CT molecular complexity index is 1050. The first kappa shape index (κ1) is 22.5. The molecule has 1 aliphatic heterocycles. The Hall–Kier alpha value is -2.19. The van der Waals surface area contributed by atoms with Gasteiger partial charge >= 0.3 is 0 Å². The molecule has 0 saturated heterocycles. The van der Waals surface area contributed by atoms with Crippen LogP contribution in [0.25, 0.3) is 0 Å². The summed E-state index contributed by atoms with van der Waals surface area (Å²) in [5, 5.41) is 0.258. The van der Waals surface area contributed by atoms with Crippen LogP contribution >= 0.6 is 11.8 Å². The fourth-order valence-corrected chi connectivity index (χ4v) is 5.88. The van der Waals surface area contributed by atoms with Gasteiger partial charge in [-0.15, -0.1) is 11.8 Å². The van der Waals surface area contributed by atoms with Gasteiger partial charge in [-0.3, -0.25) is 9.52 Å². The van der Waals surface area contributed by atoms with Crippen molar-refractivity contribution in [2.45, 2.75) is 49.7 Å². The number of fused-ring (bicyclic) bond motifs is 1. The molecule has 2 aromatic rings. The number of nitrogens with one attached hydrogen (secondary N) is 1. The summed E-state index contributed by atoms with van der Waals surface area (Å²) in [6.45, 7) is 12.0. The summed E-state index contributed by atoms with van der Waals surface area (Å²) in [7, 11) is -3.79. The average molecular weight is 448 g/mol. The second-order valence-electron chi connectivity index (χ2n) is 7.46. The molecule has 0 bridgehead atoms. The van der Waals surface area contributed by atoms with Crippen molar-refractivity contribution >= 4 is 44.8 Å². The molecule has 0 saturated carbocycles. The number of sulfonamides is 1. The van der Waals surface area contributed by atoms with Gasteiger partial charge in [0.15, 0.2) is 0 Å². The SMILES string of the molecule is CCN(CC)c1ccc(NS(=O)(=O)c2ccc3c(c2)N(C(C)=O)C[C@@H](C)S3)c(C)c1. The zero-order valence-corrected chi connectivity index (χ0v) is 19.7. The van der Waals surface area contributed by atoms with Gasteiger partial charge in [-0.2, -0.15) is 0 Å². The van der Waals surface area contributed by atoms with E-state index in [9.17, 15) is 13.2 Å². The molecule has 1 atom stereocenters. The number of thioether (sulfide) groups is 1. The standard InChI is InChI=1S/C22H29N3O3S2/c1-6-24(7-2)18-8-10-20(15(3)12-18)23-30(27,28)19-9-11-22-21(13-19)25(17(5)26)14-16(4)29-22/h8-13,16,23H,6-7,14H2,1-5H3/t16-/m1/s1. The number of anilines is 3. The highest BCUT2D eigenvalue weighted by Crippen LogP contribution is 2.40. The van der Waals surface area contributed by atoms with E-state index in [0.717, 1.165) is 29.2 Å². The highest BCUT2D eigenvalue weighted by Gasteiger charge is 2.27. The Morgan fingerprint density at radius 3 is 2.50 bits per heavy atom. The lowest BCUT2D eigenvalue weighted by Crippen LogP contribution is -2.37. The van der Waals surface area contributed by atoms with Crippen molar-refractivity contribution in [3.05, 3.63) is 42.0 Å². The lowest BCUT2D eigenvalue weighted by atomic mass is 10.1. The minimum Gasteiger partial charge on any atom is -0.372 e. The molecule has 162 valence electrons. The Kier molecular flexibility index (Phi) is 6.67. The maximum Gasteiger partial charge on any atom is 0.261 e. The number of hydrogen-bond donors (Lipinski definition) is 1. The summed E-state index contributed by atoms with van der Waals surface area (Å²) in [5.41, 5.74) is 3.13. The van der Waals surface area contributed by atoms with Crippen LogP contribution in [0.3, 0.4) is 0 Å². The van der Waals surface area contributed by atoms with E-state index >= 15 is 0 Å². The lowest BCUT2D eigenvalue weighted by Gasteiger charge is -2.32. The first-order chi connectivity index (χ1) is 14.2. The molecular formula is C22H29N3O3S2. The third-order valence-electron chi connectivity index (χ3n) is 5.26. The largest absolute Gasteiger partial charge is 0.372 e. The van der Waals surface area contributed by atoms with Crippen LogP contribution in [-0.2, 0) is 14.8 Å². The second kappa shape index (κ2) is 8.89. The zero-order chi connectivity index (χ0) is 22.1. The fraction of sp³-hybridized carbons (Fsp3) is 0.409. The zero-order valence-electron chi connectivity index (χ0n) is 18.1. The molecule has 2 aromatic carbocycles. The molecule has 8 heteroatoms. The quantitative estimate of drug-likeness (QED) is 0.707. The highest BCUT2D eigenvalue weighted by atomic mass is 32.2. The van der Waals surface area contributed by atoms with Crippen LogP contribution in [0.2, 0.25) is 0 Å². The van der Waals surface area contributed by atoms with Gasteiger partial charge in [0.25, 0.3) is 10.0 Å². The molecule has 1 heterocycles. The number of rotatable bonds is 6. The van der Waals surface area contributed by atoms with E-state index in [1.54, 1.807) is 40.9 Å². The van der Waals surface area contributed by atoms with Gasteiger partial charge in [0.05, 0.1) is 16.3 Å². The number of nitrogens with zero attached hydrogens (tertiary/aromatic N) is 2. The molecule has 6 nitrogen and oxygen atoms in total. The van der Waals surface area contributed by atoms with Gasteiger partial charge in [0.2, 0.25) is 5.91 Å². The van der Waals surface area contributed by atoms with Crippen LogP contribution in [-0.4, -0.2) is 39.2 Å².